The fourth-order valence-electron chi connectivity index (χ4n) is 2.70. The summed E-state index contributed by atoms with van der Waals surface area (Å²) in [5.41, 5.74) is 5.14. The second kappa shape index (κ2) is 6.70. The Morgan fingerprint density at radius 2 is 1.50 bits per heavy atom. The molecular formula is C16H30N2O2. The van der Waals surface area contributed by atoms with Gasteiger partial charge >= 0.3 is 0 Å². The second-order valence-electron chi connectivity index (χ2n) is 6.93. The van der Waals surface area contributed by atoms with Gasteiger partial charge in [-0.2, -0.15) is 0 Å². The van der Waals surface area contributed by atoms with E-state index in [9.17, 15) is 9.59 Å². The van der Waals surface area contributed by atoms with E-state index in [-0.39, 0.29) is 23.7 Å². The van der Waals surface area contributed by atoms with Crippen LogP contribution in [0.2, 0.25) is 0 Å². The first kappa shape index (κ1) is 17.2. The van der Waals surface area contributed by atoms with E-state index in [4.69, 9.17) is 5.73 Å². The molecule has 116 valence electrons. The molecule has 4 nitrogen and oxygen atoms in total. The maximum Gasteiger partial charge on any atom is 0.233 e. The van der Waals surface area contributed by atoms with E-state index in [1.54, 1.807) is 0 Å². The highest BCUT2D eigenvalue weighted by atomic mass is 16.2. The number of carbonyl (C=O) groups excluding carboxylic acids is 2. The minimum atomic E-state index is -0.882. The van der Waals surface area contributed by atoms with Crippen LogP contribution >= 0.6 is 0 Å². The molecule has 0 aromatic heterocycles. The normalized spacial score (nSPS) is 21.0. The fraction of sp³-hybridized carbons (Fsp3) is 0.875. The van der Waals surface area contributed by atoms with Crippen molar-refractivity contribution in [1.29, 1.82) is 0 Å². The zero-order valence-electron chi connectivity index (χ0n) is 13.5. The Hall–Kier alpha value is -0.900. The van der Waals surface area contributed by atoms with E-state index < -0.39 is 11.5 Å². The number of Topliss-reactive ketones (excluding diaryl/α,β-unsaturated/α-hetero) is 1. The SMILES string of the molecule is CC(C)C(C)NC(=O)C1(C(=O)C(N)C(C)C)CCCC1. The quantitative estimate of drug-likeness (QED) is 0.734. The van der Waals surface area contributed by atoms with Crippen molar-refractivity contribution in [2.75, 3.05) is 0 Å². The number of hydrogen-bond acceptors (Lipinski definition) is 3. The van der Waals surface area contributed by atoms with Gasteiger partial charge in [0, 0.05) is 6.04 Å². The standard InChI is InChI=1S/C16H30N2O2/c1-10(2)12(5)18-15(20)16(8-6-7-9-16)14(19)13(17)11(3)4/h10-13H,6-9,17H2,1-5H3,(H,18,20). The van der Waals surface area contributed by atoms with Crippen LogP contribution in [-0.4, -0.2) is 23.8 Å². The molecule has 1 aliphatic carbocycles. The van der Waals surface area contributed by atoms with Crippen LogP contribution in [0.15, 0.2) is 0 Å². The third kappa shape index (κ3) is 3.40. The van der Waals surface area contributed by atoms with E-state index in [0.29, 0.717) is 18.8 Å². The molecule has 0 saturated heterocycles. The number of hydrogen-bond donors (Lipinski definition) is 2. The molecule has 0 heterocycles. The minimum absolute atomic E-state index is 0.0651. The third-order valence-corrected chi connectivity index (χ3v) is 4.74. The molecule has 0 aliphatic heterocycles. The van der Waals surface area contributed by atoms with Gasteiger partial charge in [-0.3, -0.25) is 9.59 Å². The molecule has 1 aliphatic rings. The van der Waals surface area contributed by atoms with Crippen LogP contribution in [0.1, 0.15) is 60.3 Å². The summed E-state index contributed by atoms with van der Waals surface area (Å²) >= 11 is 0. The molecule has 1 amide bonds. The highest BCUT2D eigenvalue weighted by molar-refractivity contribution is 6.08. The van der Waals surface area contributed by atoms with Crippen LogP contribution in [0.4, 0.5) is 0 Å². The first-order valence-electron chi connectivity index (χ1n) is 7.83. The van der Waals surface area contributed by atoms with E-state index in [1.807, 2.05) is 20.8 Å². The molecule has 0 aromatic rings. The lowest BCUT2D eigenvalue weighted by molar-refractivity contribution is -0.143. The van der Waals surface area contributed by atoms with Crippen molar-refractivity contribution in [2.24, 2.45) is 23.0 Å². The zero-order valence-corrected chi connectivity index (χ0v) is 13.5. The number of carbonyl (C=O) groups is 2. The van der Waals surface area contributed by atoms with Crippen molar-refractivity contribution < 1.29 is 9.59 Å². The lowest BCUT2D eigenvalue weighted by atomic mass is 9.75. The summed E-state index contributed by atoms with van der Waals surface area (Å²) < 4.78 is 0. The summed E-state index contributed by atoms with van der Waals surface area (Å²) in [6, 6.07) is -0.476. The van der Waals surface area contributed by atoms with Crippen LogP contribution in [0.5, 0.6) is 0 Å². The van der Waals surface area contributed by atoms with Gasteiger partial charge in [-0.25, -0.2) is 0 Å². The molecule has 0 bridgehead atoms. The number of rotatable bonds is 6. The summed E-state index contributed by atoms with van der Waals surface area (Å²) in [5.74, 6) is 0.234. The molecule has 2 atom stereocenters. The lowest BCUT2D eigenvalue weighted by Gasteiger charge is -2.32. The summed E-state index contributed by atoms with van der Waals surface area (Å²) in [7, 11) is 0. The van der Waals surface area contributed by atoms with Gasteiger partial charge in [-0.1, -0.05) is 40.5 Å². The van der Waals surface area contributed by atoms with Crippen LogP contribution in [0.3, 0.4) is 0 Å². The maximum absolute atomic E-state index is 12.7. The molecule has 1 fully saturated rings. The summed E-state index contributed by atoms with van der Waals surface area (Å²) in [6.07, 6.45) is 3.14. The van der Waals surface area contributed by atoms with Gasteiger partial charge in [0.1, 0.15) is 5.41 Å². The van der Waals surface area contributed by atoms with Crippen LogP contribution in [0, 0.1) is 17.3 Å². The molecular weight excluding hydrogens is 252 g/mol. The van der Waals surface area contributed by atoms with Gasteiger partial charge in [0.15, 0.2) is 5.78 Å². The molecule has 1 rings (SSSR count). The van der Waals surface area contributed by atoms with Gasteiger partial charge in [-0.05, 0) is 31.6 Å². The second-order valence-corrected chi connectivity index (χ2v) is 6.93. The molecule has 0 radical (unpaired) electrons. The first-order valence-corrected chi connectivity index (χ1v) is 7.83. The fourth-order valence-corrected chi connectivity index (χ4v) is 2.70. The number of nitrogens with one attached hydrogen (secondary N) is 1. The predicted molar refractivity (Wildman–Crippen MR) is 81.2 cm³/mol. The first-order chi connectivity index (χ1) is 9.22. The van der Waals surface area contributed by atoms with E-state index in [2.05, 4.69) is 19.2 Å². The lowest BCUT2D eigenvalue weighted by Crippen LogP contribution is -2.54. The van der Waals surface area contributed by atoms with Crippen LogP contribution < -0.4 is 11.1 Å². The molecule has 3 N–H and O–H groups in total. The van der Waals surface area contributed by atoms with Crippen molar-refractivity contribution in [1.82, 2.24) is 5.32 Å². The Labute approximate surface area is 122 Å². The Kier molecular flexibility index (Phi) is 5.75. The Bertz CT molecular complexity index is 357. The molecule has 1 saturated carbocycles. The van der Waals surface area contributed by atoms with Crippen molar-refractivity contribution in [3.63, 3.8) is 0 Å². The average Bonchev–Trinajstić information content (AvgIpc) is 2.87. The van der Waals surface area contributed by atoms with E-state index >= 15 is 0 Å². The number of amides is 1. The van der Waals surface area contributed by atoms with Crippen LogP contribution in [-0.2, 0) is 9.59 Å². The molecule has 20 heavy (non-hydrogen) atoms. The Morgan fingerprint density at radius 1 is 1.00 bits per heavy atom. The maximum atomic E-state index is 12.7. The van der Waals surface area contributed by atoms with Gasteiger partial charge in [0.05, 0.1) is 6.04 Å². The predicted octanol–water partition coefficient (Wildman–Crippen LogP) is 2.26. The average molecular weight is 282 g/mol. The zero-order chi connectivity index (χ0) is 15.5. The van der Waals surface area contributed by atoms with E-state index in [0.717, 1.165) is 12.8 Å². The number of nitrogens with two attached hydrogens (primary N) is 1. The highest BCUT2D eigenvalue weighted by Crippen LogP contribution is 2.40. The minimum Gasteiger partial charge on any atom is -0.353 e. The Morgan fingerprint density at radius 3 is 1.90 bits per heavy atom. The molecule has 4 heteroatoms. The molecule has 0 aromatic carbocycles. The van der Waals surface area contributed by atoms with Crippen molar-refractivity contribution in [2.45, 2.75) is 72.4 Å². The summed E-state index contributed by atoms with van der Waals surface area (Å²) in [6.45, 7) is 9.97. The van der Waals surface area contributed by atoms with Gasteiger partial charge < -0.3 is 11.1 Å². The molecule has 2 unspecified atom stereocenters. The van der Waals surface area contributed by atoms with Gasteiger partial charge in [0.25, 0.3) is 0 Å². The third-order valence-electron chi connectivity index (χ3n) is 4.74. The summed E-state index contributed by atoms with van der Waals surface area (Å²) in [5, 5.41) is 3.02. The van der Waals surface area contributed by atoms with Crippen LogP contribution in [0.25, 0.3) is 0 Å². The van der Waals surface area contributed by atoms with Crippen molar-refractivity contribution in [3.05, 3.63) is 0 Å². The van der Waals surface area contributed by atoms with Gasteiger partial charge in [-0.15, -0.1) is 0 Å². The molecule has 0 spiro atoms. The number of ketones is 1. The largest absolute Gasteiger partial charge is 0.353 e. The Balaban J connectivity index is 2.92. The summed E-state index contributed by atoms with van der Waals surface area (Å²) in [4.78, 5) is 25.4. The van der Waals surface area contributed by atoms with Crippen molar-refractivity contribution in [3.8, 4) is 0 Å². The van der Waals surface area contributed by atoms with Crippen molar-refractivity contribution >= 4 is 11.7 Å². The van der Waals surface area contributed by atoms with E-state index in [1.165, 1.54) is 0 Å². The monoisotopic (exact) mass is 282 g/mol. The topological polar surface area (TPSA) is 72.2 Å². The highest BCUT2D eigenvalue weighted by Gasteiger charge is 2.49. The smallest absolute Gasteiger partial charge is 0.233 e. The van der Waals surface area contributed by atoms with Gasteiger partial charge in [0.2, 0.25) is 5.91 Å².